The van der Waals surface area contributed by atoms with Gasteiger partial charge in [0.05, 0.1) is 7.11 Å². The fourth-order valence-electron chi connectivity index (χ4n) is 2.76. The summed E-state index contributed by atoms with van der Waals surface area (Å²) >= 11 is 0. The van der Waals surface area contributed by atoms with Crippen molar-refractivity contribution < 1.29 is 9.53 Å². The Kier molecular flexibility index (Phi) is 12.6. The molecule has 130 valence electrons. The summed E-state index contributed by atoms with van der Waals surface area (Å²) < 4.78 is 4.63. The number of likely N-dealkylation sites (tertiary alicyclic amines) is 1. The molecule has 0 aromatic rings. The van der Waals surface area contributed by atoms with Crippen LogP contribution in [0.3, 0.4) is 0 Å². The summed E-state index contributed by atoms with van der Waals surface area (Å²) in [6, 6.07) is 0. The summed E-state index contributed by atoms with van der Waals surface area (Å²) in [5.74, 6) is 1.69. The fourth-order valence-corrected chi connectivity index (χ4v) is 2.76. The molecule has 1 N–H and O–H groups in total. The number of rotatable bonds is 7. The number of nitrogens with zero attached hydrogens (tertiary/aromatic N) is 2. The molecule has 1 heterocycles. The highest BCUT2D eigenvalue weighted by molar-refractivity contribution is 14.0. The molecule has 22 heavy (non-hydrogen) atoms. The number of halogens is 1. The lowest BCUT2D eigenvalue weighted by Gasteiger charge is -2.33. The summed E-state index contributed by atoms with van der Waals surface area (Å²) in [6.07, 6.45) is 7.38. The van der Waals surface area contributed by atoms with Crippen LogP contribution < -0.4 is 5.32 Å². The lowest BCUT2D eigenvalue weighted by molar-refractivity contribution is -0.140. The maximum Gasteiger partial charge on any atom is 0.305 e. The van der Waals surface area contributed by atoms with Crippen LogP contribution in [0.5, 0.6) is 0 Å². The summed E-state index contributed by atoms with van der Waals surface area (Å²) in [5, 5.41) is 3.45. The predicted molar refractivity (Wildman–Crippen MR) is 102 cm³/mol. The number of unbranched alkanes of at least 4 members (excludes halogenated alkanes) is 3. The Hall–Kier alpha value is -0.530. The van der Waals surface area contributed by atoms with Gasteiger partial charge in [0, 0.05) is 33.1 Å². The average molecular weight is 425 g/mol. The molecule has 5 nitrogen and oxygen atoms in total. The molecule has 0 aliphatic carbocycles. The van der Waals surface area contributed by atoms with Crippen molar-refractivity contribution in [1.82, 2.24) is 10.2 Å². The highest BCUT2D eigenvalue weighted by Crippen LogP contribution is 2.15. The van der Waals surface area contributed by atoms with Crippen molar-refractivity contribution in [1.29, 1.82) is 0 Å². The zero-order valence-corrected chi connectivity index (χ0v) is 16.6. The Morgan fingerprint density at radius 2 is 2.05 bits per heavy atom. The summed E-state index contributed by atoms with van der Waals surface area (Å²) in [4.78, 5) is 17.7. The minimum atomic E-state index is -0.104. The van der Waals surface area contributed by atoms with E-state index in [0.29, 0.717) is 6.42 Å². The Morgan fingerprint density at radius 3 is 2.68 bits per heavy atom. The van der Waals surface area contributed by atoms with Crippen molar-refractivity contribution in [3.05, 3.63) is 0 Å². The lowest BCUT2D eigenvalue weighted by atomic mass is 10.0. The number of guanidine groups is 1. The molecule has 0 spiro atoms. The third-order valence-corrected chi connectivity index (χ3v) is 3.99. The Labute approximate surface area is 152 Å². The van der Waals surface area contributed by atoms with Gasteiger partial charge in [-0.3, -0.25) is 9.79 Å². The van der Waals surface area contributed by atoms with E-state index in [1.54, 1.807) is 0 Å². The second kappa shape index (κ2) is 13.0. The van der Waals surface area contributed by atoms with Crippen LogP contribution in [0.2, 0.25) is 0 Å². The van der Waals surface area contributed by atoms with E-state index < -0.39 is 0 Å². The molecule has 0 amide bonds. The topological polar surface area (TPSA) is 53.9 Å². The van der Waals surface area contributed by atoms with Crippen molar-refractivity contribution in [2.24, 2.45) is 10.9 Å². The second-order valence-electron chi connectivity index (χ2n) is 5.91. The highest BCUT2D eigenvalue weighted by atomic mass is 127. The molecule has 1 fully saturated rings. The maximum absolute atomic E-state index is 11.0. The van der Waals surface area contributed by atoms with Gasteiger partial charge in [-0.25, -0.2) is 0 Å². The fraction of sp³-hybridized carbons (Fsp3) is 0.875. The SMILES string of the molecule is CN=C(NCCCCCCC(=O)OC)N1CCCC(C)C1.I. The molecule has 0 saturated carbocycles. The molecule has 1 rings (SSSR count). The highest BCUT2D eigenvalue weighted by Gasteiger charge is 2.18. The Morgan fingerprint density at radius 1 is 1.32 bits per heavy atom. The number of ether oxygens (including phenoxy) is 1. The lowest BCUT2D eigenvalue weighted by Crippen LogP contribution is -2.46. The monoisotopic (exact) mass is 425 g/mol. The number of piperidine rings is 1. The van der Waals surface area contributed by atoms with Crippen LogP contribution in [0.1, 0.15) is 51.9 Å². The normalized spacial score (nSPS) is 18.6. The van der Waals surface area contributed by atoms with Crippen molar-refractivity contribution >= 4 is 35.9 Å². The number of hydrogen-bond acceptors (Lipinski definition) is 3. The minimum absolute atomic E-state index is 0. The first-order chi connectivity index (χ1) is 10.2. The number of carbonyl (C=O) groups is 1. The first-order valence-electron chi connectivity index (χ1n) is 8.19. The summed E-state index contributed by atoms with van der Waals surface area (Å²) in [6.45, 7) is 5.48. The van der Waals surface area contributed by atoms with E-state index in [0.717, 1.165) is 57.2 Å². The van der Waals surface area contributed by atoms with Gasteiger partial charge in [0.2, 0.25) is 0 Å². The van der Waals surface area contributed by atoms with Gasteiger partial charge < -0.3 is 15.0 Å². The quantitative estimate of drug-likeness (QED) is 0.224. The van der Waals surface area contributed by atoms with Gasteiger partial charge in [0.15, 0.2) is 5.96 Å². The molecular weight excluding hydrogens is 393 g/mol. The predicted octanol–water partition coefficient (Wildman–Crippen LogP) is 3.04. The smallest absolute Gasteiger partial charge is 0.305 e. The van der Waals surface area contributed by atoms with Crippen LogP contribution in [0, 0.1) is 5.92 Å². The number of esters is 1. The number of methoxy groups -OCH3 is 1. The number of hydrogen-bond donors (Lipinski definition) is 1. The van der Waals surface area contributed by atoms with E-state index in [4.69, 9.17) is 0 Å². The van der Waals surface area contributed by atoms with Crippen LogP contribution in [-0.2, 0) is 9.53 Å². The number of nitrogens with one attached hydrogen (secondary N) is 1. The van der Waals surface area contributed by atoms with E-state index >= 15 is 0 Å². The van der Waals surface area contributed by atoms with E-state index in [-0.39, 0.29) is 29.9 Å². The minimum Gasteiger partial charge on any atom is -0.469 e. The molecule has 1 aliphatic rings. The van der Waals surface area contributed by atoms with Crippen molar-refractivity contribution in [2.75, 3.05) is 33.8 Å². The van der Waals surface area contributed by atoms with Gasteiger partial charge in [-0.1, -0.05) is 19.8 Å². The van der Waals surface area contributed by atoms with Gasteiger partial charge in [0.1, 0.15) is 0 Å². The van der Waals surface area contributed by atoms with Gasteiger partial charge in [-0.05, 0) is 31.6 Å². The first kappa shape index (κ1) is 21.5. The molecule has 0 radical (unpaired) electrons. The molecule has 1 aliphatic heterocycles. The van der Waals surface area contributed by atoms with Crippen LogP contribution in [0.25, 0.3) is 0 Å². The molecule has 1 unspecified atom stereocenters. The zero-order chi connectivity index (χ0) is 15.5. The van der Waals surface area contributed by atoms with Gasteiger partial charge in [-0.2, -0.15) is 0 Å². The Balaban J connectivity index is 0.00000441. The van der Waals surface area contributed by atoms with E-state index in [1.807, 2.05) is 7.05 Å². The van der Waals surface area contributed by atoms with E-state index in [1.165, 1.54) is 20.0 Å². The standard InChI is InChI=1S/C16H31N3O2.HI/c1-14-9-8-12-19(13-14)16(17-2)18-11-7-5-4-6-10-15(20)21-3;/h14H,4-13H2,1-3H3,(H,17,18);1H. The van der Waals surface area contributed by atoms with E-state index in [2.05, 4.69) is 26.9 Å². The third-order valence-electron chi connectivity index (χ3n) is 3.99. The van der Waals surface area contributed by atoms with Gasteiger partial charge in [0.25, 0.3) is 0 Å². The summed E-state index contributed by atoms with van der Waals surface area (Å²) in [5.41, 5.74) is 0. The van der Waals surface area contributed by atoms with Gasteiger partial charge >= 0.3 is 5.97 Å². The van der Waals surface area contributed by atoms with E-state index in [9.17, 15) is 4.79 Å². The van der Waals surface area contributed by atoms with Crippen LogP contribution in [-0.4, -0.2) is 50.6 Å². The van der Waals surface area contributed by atoms with Crippen LogP contribution >= 0.6 is 24.0 Å². The molecule has 0 aromatic carbocycles. The van der Waals surface area contributed by atoms with Crippen molar-refractivity contribution in [3.8, 4) is 0 Å². The van der Waals surface area contributed by atoms with Crippen LogP contribution in [0.15, 0.2) is 4.99 Å². The van der Waals surface area contributed by atoms with Gasteiger partial charge in [-0.15, -0.1) is 24.0 Å². The molecular formula is C16H32IN3O2. The average Bonchev–Trinajstić information content (AvgIpc) is 2.49. The van der Waals surface area contributed by atoms with Crippen molar-refractivity contribution in [2.45, 2.75) is 51.9 Å². The molecule has 6 heteroatoms. The molecule has 0 aromatic heterocycles. The zero-order valence-electron chi connectivity index (χ0n) is 14.3. The maximum atomic E-state index is 11.0. The van der Waals surface area contributed by atoms with Crippen LogP contribution in [0.4, 0.5) is 0 Å². The largest absolute Gasteiger partial charge is 0.469 e. The first-order valence-corrected chi connectivity index (χ1v) is 8.19. The Bertz CT molecular complexity index is 337. The third kappa shape index (κ3) is 8.80. The van der Waals surface area contributed by atoms with Crippen molar-refractivity contribution in [3.63, 3.8) is 0 Å². The molecule has 0 bridgehead atoms. The molecule has 1 saturated heterocycles. The number of aliphatic imine (C=N–C) groups is 1. The summed E-state index contributed by atoms with van der Waals surface area (Å²) in [7, 11) is 3.30. The molecule has 1 atom stereocenters. The second-order valence-corrected chi connectivity index (χ2v) is 5.91. The number of carbonyl (C=O) groups excluding carboxylic acids is 1.